The van der Waals surface area contributed by atoms with E-state index in [-0.39, 0.29) is 5.91 Å². The number of benzene rings is 2. The first-order chi connectivity index (χ1) is 12.0. The molecule has 126 valence electrons. The van der Waals surface area contributed by atoms with Crippen LogP contribution in [0.4, 0.5) is 17.3 Å². The summed E-state index contributed by atoms with van der Waals surface area (Å²) in [4.78, 5) is 20.9. The lowest BCUT2D eigenvalue weighted by atomic mass is 10.1. The Morgan fingerprint density at radius 2 is 1.80 bits per heavy atom. The molecule has 0 radical (unpaired) electrons. The number of anilines is 3. The first kappa shape index (κ1) is 17.1. The predicted octanol–water partition coefficient (Wildman–Crippen LogP) is 4.85. The number of rotatable bonds is 4. The average Bonchev–Trinajstić information content (AvgIpc) is 2.60. The predicted molar refractivity (Wildman–Crippen MR) is 103 cm³/mol. The Balaban J connectivity index is 1.76. The van der Waals surface area contributed by atoms with Crippen LogP contribution in [0.15, 0.2) is 59.2 Å². The summed E-state index contributed by atoms with van der Waals surface area (Å²) in [5.74, 6) is 0.101. The quantitative estimate of drug-likeness (QED) is 0.661. The second-order valence-corrected chi connectivity index (χ2v) is 6.59. The maximum atomic E-state index is 12.4. The number of nitrogens with one attached hydrogen (secondary N) is 2. The highest BCUT2D eigenvalue weighted by molar-refractivity contribution is 9.10. The molecule has 3 aromatic rings. The molecule has 0 bridgehead atoms. The van der Waals surface area contributed by atoms with E-state index in [1.54, 1.807) is 12.3 Å². The first-order valence-corrected chi connectivity index (χ1v) is 8.55. The summed E-state index contributed by atoms with van der Waals surface area (Å²) in [6, 6.07) is 15.0. The molecule has 3 rings (SSSR count). The van der Waals surface area contributed by atoms with Gasteiger partial charge in [0.05, 0.1) is 0 Å². The smallest absolute Gasteiger partial charge is 0.274 e. The lowest BCUT2D eigenvalue weighted by Gasteiger charge is -2.10. The molecule has 0 atom stereocenters. The van der Waals surface area contributed by atoms with E-state index in [9.17, 15) is 4.79 Å². The Labute approximate surface area is 154 Å². The zero-order chi connectivity index (χ0) is 17.8. The summed E-state index contributed by atoms with van der Waals surface area (Å²) < 4.78 is 0.951. The van der Waals surface area contributed by atoms with E-state index in [2.05, 4.69) is 42.6 Å². The molecule has 2 N–H and O–H groups in total. The molecule has 6 heteroatoms. The van der Waals surface area contributed by atoms with E-state index >= 15 is 0 Å². The number of aromatic nitrogens is 2. The van der Waals surface area contributed by atoms with E-state index in [0.717, 1.165) is 15.7 Å². The third-order valence-corrected chi connectivity index (χ3v) is 4.15. The molecule has 0 fully saturated rings. The molecule has 0 saturated heterocycles. The number of hydrogen-bond donors (Lipinski definition) is 2. The largest absolute Gasteiger partial charge is 0.324 e. The molecule has 0 aliphatic heterocycles. The van der Waals surface area contributed by atoms with Gasteiger partial charge < -0.3 is 10.6 Å². The molecular formula is C19H17BrN4O. The maximum absolute atomic E-state index is 12.4. The monoisotopic (exact) mass is 396 g/mol. The second-order valence-electron chi connectivity index (χ2n) is 5.67. The van der Waals surface area contributed by atoms with Crippen LogP contribution in [0.25, 0.3) is 0 Å². The highest BCUT2D eigenvalue weighted by atomic mass is 79.9. The molecule has 2 aromatic carbocycles. The third-order valence-electron chi connectivity index (χ3n) is 3.62. The first-order valence-electron chi connectivity index (χ1n) is 7.75. The fourth-order valence-electron chi connectivity index (χ4n) is 2.35. The van der Waals surface area contributed by atoms with Gasteiger partial charge in [0, 0.05) is 22.0 Å². The fraction of sp³-hybridized carbons (Fsp3) is 0.105. The van der Waals surface area contributed by atoms with E-state index in [4.69, 9.17) is 0 Å². The van der Waals surface area contributed by atoms with E-state index in [1.807, 2.05) is 50.2 Å². The van der Waals surface area contributed by atoms with Gasteiger partial charge in [0.1, 0.15) is 5.69 Å². The summed E-state index contributed by atoms with van der Waals surface area (Å²) in [6.07, 6.45) is 1.56. The highest BCUT2D eigenvalue weighted by Gasteiger charge is 2.10. The van der Waals surface area contributed by atoms with Crippen molar-refractivity contribution in [1.29, 1.82) is 0 Å². The van der Waals surface area contributed by atoms with Crippen LogP contribution in [0.1, 0.15) is 21.6 Å². The third kappa shape index (κ3) is 4.42. The number of carbonyl (C=O) groups is 1. The molecule has 0 aliphatic carbocycles. The van der Waals surface area contributed by atoms with E-state index in [0.29, 0.717) is 17.3 Å². The number of nitrogens with zero attached hydrogens (tertiary/aromatic N) is 2. The minimum Gasteiger partial charge on any atom is -0.324 e. The normalized spacial score (nSPS) is 10.4. The fourth-order valence-corrected chi connectivity index (χ4v) is 2.61. The number of hydrogen-bond acceptors (Lipinski definition) is 4. The van der Waals surface area contributed by atoms with Crippen molar-refractivity contribution in [2.24, 2.45) is 0 Å². The van der Waals surface area contributed by atoms with Gasteiger partial charge in [-0.1, -0.05) is 33.6 Å². The molecule has 5 nitrogen and oxygen atoms in total. The van der Waals surface area contributed by atoms with Gasteiger partial charge in [0.25, 0.3) is 5.91 Å². The topological polar surface area (TPSA) is 66.9 Å². The number of amides is 1. The standard InChI is InChI=1S/C19H17BrN4O/c1-12-3-8-16(13(2)11-12)23-19-21-10-9-17(24-19)18(25)22-15-6-4-14(20)5-7-15/h3-11H,1-2H3,(H,22,25)(H,21,23,24). The Kier molecular flexibility index (Phi) is 5.09. The van der Waals surface area contributed by atoms with Gasteiger partial charge in [0.2, 0.25) is 5.95 Å². The van der Waals surface area contributed by atoms with Gasteiger partial charge in [-0.15, -0.1) is 0 Å². The Hall–Kier alpha value is -2.73. The van der Waals surface area contributed by atoms with Crippen molar-refractivity contribution in [2.45, 2.75) is 13.8 Å². The van der Waals surface area contributed by atoms with Gasteiger partial charge in [0.15, 0.2) is 0 Å². The number of carbonyl (C=O) groups excluding carboxylic acids is 1. The van der Waals surface area contributed by atoms with Crippen LogP contribution in [0.3, 0.4) is 0 Å². The van der Waals surface area contributed by atoms with Gasteiger partial charge in [-0.05, 0) is 55.8 Å². The summed E-state index contributed by atoms with van der Waals surface area (Å²) in [5.41, 5.74) is 4.19. The van der Waals surface area contributed by atoms with Crippen molar-refractivity contribution in [3.63, 3.8) is 0 Å². The summed E-state index contributed by atoms with van der Waals surface area (Å²) in [5, 5.41) is 5.98. The molecule has 0 saturated carbocycles. The van der Waals surface area contributed by atoms with Crippen molar-refractivity contribution < 1.29 is 4.79 Å². The minimum atomic E-state index is -0.284. The van der Waals surface area contributed by atoms with Gasteiger partial charge in [-0.3, -0.25) is 4.79 Å². The maximum Gasteiger partial charge on any atom is 0.274 e. The lowest BCUT2D eigenvalue weighted by molar-refractivity contribution is 0.102. The van der Waals surface area contributed by atoms with Crippen molar-refractivity contribution in [3.05, 3.63) is 76.0 Å². The zero-order valence-corrected chi connectivity index (χ0v) is 15.5. The van der Waals surface area contributed by atoms with Crippen molar-refractivity contribution >= 4 is 39.2 Å². The van der Waals surface area contributed by atoms with Crippen LogP contribution < -0.4 is 10.6 Å². The molecule has 0 aliphatic rings. The Bertz CT molecular complexity index is 910. The molecule has 0 spiro atoms. The van der Waals surface area contributed by atoms with Crippen molar-refractivity contribution in [3.8, 4) is 0 Å². The van der Waals surface area contributed by atoms with Crippen molar-refractivity contribution in [1.82, 2.24) is 9.97 Å². The highest BCUT2D eigenvalue weighted by Crippen LogP contribution is 2.19. The van der Waals surface area contributed by atoms with Gasteiger partial charge >= 0.3 is 0 Å². The summed E-state index contributed by atoms with van der Waals surface area (Å²) in [7, 11) is 0. The van der Waals surface area contributed by atoms with Crippen molar-refractivity contribution in [2.75, 3.05) is 10.6 Å². The van der Waals surface area contributed by atoms with Gasteiger partial charge in [-0.25, -0.2) is 9.97 Å². The zero-order valence-electron chi connectivity index (χ0n) is 13.9. The molecular weight excluding hydrogens is 380 g/mol. The van der Waals surface area contributed by atoms with Crippen LogP contribution in [-0.2, 0) is 0 Å². The Morgan fingerprint density at radius 1 is 1.04 bits per heavy atom. The molecule has 1 heterocycles. The average molecular weight is 397 g/mol. The molecule has 1 aromatic heterocycles. The second kappa shape index (κ2) is 7.44. The van der Waals surface area contributed by atoms with Crippen LogP contribution in [0.5, 0.6) is 0 Å². The van der Waals surface area contributed by atoms with Crippen LogP contribution >= 0.6 is 15.9 Å². The van der Waals surface area contributed by atoms with Crippen LogP contribution in [-0.4, -0.2) is 15.9 Å². The molecule has 0 unspecified atom stereocenters. The van der Waals surface area contributed by atoms with Crippen LogP contribution in [0, 0.1) is 13.8 Å². The molecule has 1 amide bonds. The number of halogens is 1. The van der Waals surface area contributed by atoms with E-state index < -0.39 is 0 Å². The summed E-state index contributed by atoms with van der Waals surface area (Å²) >= 11 is 3.37. The summed E-state index contributed by atoms with van der Waals surface area (Å²) in [6.45, 7) is 4.06. The van der Waals surface area contributed by atoms with Crippen LogP contribution in [0.2, 0.25) is 0 Å². The Morgan fingerprint density at radius 3 is 2.52 bits per heavy atom. The lowest BCUT2D eigenvalue weighted by Crippen LogP contribution is -2.14. The number of aryl methyl sites for hydroxylation is 2. The molecule has 25 heavy (non-hydrogen) atoms. The van der Waals surface area contributed by atoms with E-state index in [1.165, 1.54) is 5.56 Å². The van der Waals surface area contributed by atoms with Gasteiger partial charge in [-0.2, -0.15) is 0 Å². The SMILES string of the molecule is Cc1ccc(Nc2nccc(C(=O)Nc3ccc(Br)cc3)n2)c(C)c1. The minimum absolute atomic E-state index is 0.284.